The Kier molecular flexibility index (Phi) is 34.2. The number of ether oxygens (including phenoxy) is 14. The average molecular weight is 1720 g/mol. The molecule has 32 N–H and O–H groups in total. The molecule has 1 unspecified atom stereocenters. The van der Waals surface area contributed by atoms with Crippen molar-refractivity contribution in [2.45, 2.75) is 299 Å². The summed E-state index contributed by atoms with van der Waals surface area (Å²) in [4.78, 5) is 0. The molecule has 51 heteroatoms. The Morgan fingerprint density at radius 2 is 0.360 bits per heavy atom. The van der Waals surface area contributed by atoms with E-state index >= 15 is 0 Å². The van der Waals surface area contributed by atoms with Gasteiger partial charge in [-0.1, -0.05) is 0 Å². The SMILES string of the molecule is OC[C@H]1O[C@@H](S[C@H]2[C@H](O)[C@@H](O)[C@H](O[C@H]3[C@H](O)[C@@H](O)[C@H](S[C@H]4[C@H](O)[C@@H](O)[C@H](O[C@H]5[C@H](O)[C@@H](O)[C@H](S[C@H]6[C@H](O)[C@@H](O)[C@H](O[C@H]7[C@H](O)[C@@H](O)[C@H](S[C@H]8[C@H](O)[C@@H](O)[C@H](O[C@H]9[C@H](O)[C@@H](O)[C@H](S[C@H]%10[C@H](O)[C@@H](O)C(O)O[C@@H]%10CO)O[C@@H]9CO)O[C@@H]8CO)O[C@@H]7CO)O[C@@H]6CO)O[C@@H]5CO)O[C@@H]4CO)O[C@@H]3CO)O[C@@H]2CO)[C@H](O)[C@@H](O)[C@@H]1O. The minimum absolute atomic E-state index is 0.450. The molecule has 0 aromatic carbocycles. The zero-order valence-electron chi connectivity index (χ0n) is 58.0. The van der Waals surface area contributed by atoms with Crippen LogP contribution in [0, 0.1) is 0 Å². The fourth-order valence-corrected chi connectivity index (χ4v) is 21.9. The molecule has 0 bridgehead atoms. The summed E-state index contributed by atoms with van der Waals surface area (Å²) in [6.07, 6.45) is -74.6. The van der Waals surface area contributed by atoms with Crippen LogP contribution >= 0.6 is 58.8 Å². The van der Waals surface area contributed by atoms with Gasteiger partial charge in [0.1, 0.15) is 180 Å². The molecule has 10 aliphatic heterocycles. The maximum Gasteiger partial charge on any atom is 0.187 e. The van der Waals surface area contributed by atoms with Crippen LogP contribution in [0.3, 0.4) is 0 Å². The molecule has 46 nitrogen and oxygen atoms in total. The molecule has 10 heterocycles. The van der Waals surface area contributed by atoms with Crippen molar-refractivity contribution in [1.82, 2.24) is 0 Å². The van der Waals surface area contributed by atoms with Gasteiger partial charge in [0.25, 0.3) is 0 Å². The lowest BCUT2D eigenvalue weighted by molar-refractivity contribution is -0.323. The van der Waals surface area contributed by atoms with Gasteiger partial charge in [-0.15, -0.1) is 58.8 Å². The molecular formula is C60H102O46S5. The molecule has 0 saturated carbocycles. The zero-order valence-corrected chi connectivity index (χ0v) is 62.1. The van der Waals surface area contributed by atoms with Gasteiger partial charge in [0.15, 0.2) is 31.5 Å². The lowest BCUT2D eigenvalue weighted by Crippen LogP contribution is -2.66. The van der Waals surface area contributed by atoms with Gasteiger partial charge in [0.2, 0.25) is 0 Å². The molecule has 0 aromatic rings. The van der Waals surface area contributed by atoms with E-state index in [2.05, 4.69) is 0 Å². The van der Waals surface area contributed by atoms with Crippen LogP contribution in [-0.2, 0) is 66.3 Å². The molecule has 648 valence electrons. The van der Waals surface area contributed by atoms with Gasteiger partial charge in [-0.2, -0.15) is 0 Å². The highest BCUT2D eigenvalue weighted by Crippen LogP contribution is 2.47. The fraction of sp³-hybridized carbons (Fsp3) is 1.00. The summed E-state index contributed by atoms with van der Waals surface area (Å²) in [7, 11) is 0. The first-order chi connectivity index (χ1) is 52.7. The molecule has 111 heavy (non-hydrogen) atoms. The van der Waals surface area contributed by atoms with Crippen molar-refractivity contribution in [1.29, 1.82) is 0 Å². The standard InChI is InChI=1S/C60H102O46S5/c61-1-11-21(71)22(72)37(87)56(98-11)108-47-17(7-67)94-52(33(83)28(47)78)104-43-13(3-63)100-58(39(89)24(43)74)110-49-19(9-69)96-54(35(85)30(49)80)106-45-15(5-65)102-60(41(91)26(45)76)111-50-20(10-70)97-55(36(86)31(50)81)105-44-14(4-64)101-59(40(90)25(44)75)109-48-18(8-68)95-53(34(84)29(48)79)103-42-12(2-62)99-57(38(88)23(42)73)107-46-16(6-66)93-51(92)32(82)27(46)77/h11-92H,1-10H2/t11-,12-,13-,14-,15-,16-,17-,18-,19-,20-,21-,22+,23-,24-,25-,26-,27-,28-,29-,30-,31-,32-,33-,34-,35-,36-,37-,38-,39-,40-,41-,42-,43-,44-,45-,46-,47-,48-,49-,50-,51?,52+,53+,54+,55+,56+,57+,58+,59+,60+/m1/s1. The minimum atomic E-state index is -2.17. The lowest BCUT2D eigenvalue weighted by atomic mass is 9.98. The fourth-order valence-electron chi connectivity index (χ4n) is 14.5. The van der Waals surface area contributed by atoms with Gasteiger partial charge < -0.3 is 230 Å². The van der Waals surface area contributed by atoms with Gasteiger partial charge >= 0.3 is 0 Å². The molecule has 0 aromatic heterocycles. The van der Waals surface area contributed by atoms with Crippen LogP contribution in [0.15, 0.2) is 0 Å². The number of aliphatic hydroxyl groups is 32. The Hall–Kier alpha value is -0.0900. The minimum Gasteiger partial charge on any atom is -0.394 e. The molecule has 50 atom stereocenters. The van der Waals surface area contributed by atoms with E-state index in [1.165, 1.54) is 0 Å². The Labute approximate surface area is 650 Å². The Bertz CT molecular complexity index is 2790. The average Bonchev–Trinajstić information content (AvgIpc) is 0.774. The van der Waals surface area contributed by atoms with Gasteiger partial charge in [0, 0.05) is 0 Å². The first kappa shape index (κ1) is 93.2. The van der Waals surface area contributed by atoms with E-state index in [9.17, 15) is 163 Å². The highest BCUT2D eigenvalue weighted by molar-refractivity contribution is 8.01. The molecule has 10 aliphatic rings. The highest BCUT2D eigenvalue weighted by Gasteiger charge is 2.61. The zero-order chi connectivity index (χ0) is 81.4. The second kappa shape index (κ2) is 40.7. The van der Waals surface area contributed by atoms with Crippen LogP contribution in [0.5, 0.6) is 0 Å². The second-order valence-corrected chi connectivity index (χ2v) is 34.4. The molecule has 0 amide bonds. The van der Waals surface area contributed by atoms with Crippen molar-refractivity contribution in [3.05, 3.63) is 0 Å². The van der Waals surface area contributed by atoms with E-state index in [-0.39, 0.29) is 0 Å². The van der Waals surface area contributed by atoms with Crippen LogP contribution in [0.25, 0.3) is 0 Å². The highest BCUT2D eigenvalue weighted by atomic mass is 32.2. The first-order valence-electron chi connectivity index (χ1n) is 35.2. The number of hydrogen-bond acceptors (Lipinski definition) is 51. The number of hydrogen-bond donors (Lipinski definition) is 32. The number of rotatable bonds is 28. The van der Waals surface area contributed by atoms with E-state index in [0.29, 0.717) is 58.8 Å². The maximum atomic E-state index is 11.6. The third-order valence-electron chi connectivity index (χ3n) is 20.9. The molecular weight excluding hydrogens is 1620 g/mol. The van der Waals surface area contributed by atoms with Crippen LogP contribution in [0.4, 0.5) is 0 Å². The third-order valence-corrected chi connectivity index (χ3v) is 28.6. The largest absolute Gasteiger partial charge is 0.394 e. The Morgan fingerprint density at radius 3 is 0.577 bits per heavy atom. The van der Waals surface area contributed by atoms with Crippen molar-refractivity contribution in [2.75, 3.05) is 66.1 Å². The van der Waals surface area contributed by atoms with E-state index in [1.54, 1.807) is 0 Å². The van der Waals surface area contributed by atoms with Crippen LogP contribution in [-0.4, -0.2) is 528 Å². The van der Waals surface area contributed by atoms with Crippen LogP contribution in [0.2, 0.25) is 0 Å². The van der Waals surface area contributed by atoms with Crippen molar-refractivity contribution in [3.8, 4) is 0 Å². The normalized spacial score (nSPS) is 53.7. The molecule has 10 rings (SSSR count). The second-order valence-electron chi connectivity index (χ2n) is 28.0. The van der Waals surface area contributed by atoms with Gasteiger partial charge in [0.05, 0.1) is 153 Å². The van der Waals surface area contributed by atoms with Gasteiger partial charge in [-0.25, -0.2) is 0 Å². The lowest BCUT2D eigenvalue weighted by Gasteiger charge is -2.50. The van der Waals surface area contributed by atoms with Gasteiger partial charge in [-0.05, 0) is 0 Å². The maximum absolute atomic E-state index is 11.6. The number of aliphatic hydroxyl groups excluding tert-OH is 32. The molecule has 10 fully saturated rings. The molecule has 0 spiro atoms. The van der Waals surface area contributed by atoms with E-state index in [1.807, 2.05) is 0 Å². The Morgan fingerprint density at radius 1 is 0.171 bits per heavy atom. The molecule has 0 aliphatic carbocycles. The predicted octanol–water partition coefficient (Wildman–Crippen LogP) is -19.2. The van der Waals surface area contributed by atoms with Crippen molar-refractivity contribution in [2.24, 2.45) is 0 Å². The van der Waals surface area contributed by atoms with Gasteiger partial charge in [-0.3, -0.25) is 0 Å². The topological polar surface area (TPSA) is 777 Å². The van der Waals surface area contributed by atoms with Crippen LogP contribution < -0.4 is 0 Å². The van der Waals surface area contributed by atoms with Crippen molar-refractivity contribution in [3.63, 3.8) is 0 Å². The summed E-state index contributed by atoms with van der Waals surface area (Å²) in [5, 5.41) is 341. The Balaban J connectivity index is 0.705. The van der Waals surface area contributed by atoms with E-state index < -0.39 is 365 Å². The predicted molar refractivity (Wildman–Crippen MR) is 362 cm³/mol. The quantitative estimate of drug-likeness (QED) is 0.0346. The smallest absolute Gasteiger partial charge is 0.187 e. The van der Waals surface area contributed by atoms with E-state index in [0.717, 1.165) is 0 Å². The van der Waals surface area contributed by atoms with Crippen molar-refractivity contribution < 1.29 is 230 Å². The summed E-state index contributed by atoms with van der Waals surface area (Å²) in [5.74, 6) is 0. The molecule has 10 saturated heterocycles. The molecule has 0 radical (unpaired) electrons. The van der Waals surface area contributed by atoms with Crippen molar-refractivity contribution >= 4 is 58.8 Å². The summed E-state index contributed by atoms with van der Waals surface area (Å²) < 4.78 is 80.4. The van der Waals surface area contributed by atoms with E-state index in [4.69, 9.17) is 66.3 Å². The summed E-state index contributed by atoms with van der Waals surface area (Å²) >= 11 is 2.53. The third kappa shape index (κ3) is 19.5. The summed E-state index contributed by atoms with van der Waals surface area (Å²) in [6, 6.07) is 0. The summed E-state index contributed by atoms with van der Waals surface area (Å²) in [6.45, 7) is -9.41. The first-order valence-corrected chi connectivity index (χ1v) is 39.9. The van der Waals surface area contributed by atoms with Crippen LogP contribution in [0.1, 0.15) is 0 Å². The number of thioether (sulfide) groups is 5. The summed E-state index contributed by atoms with van der Waals surface area (Å²) in [5.41, 5.74) is -8.07. The monoisotopic (exact) mass is 1720 g/mol.